The Morgan fingerprint density at radius 2 is 1.72 bits per heavy atom. The first kappa shape index (κ1) is 18.8. The van der Waals surface area contributed by atoms with Crippen molar-refractivity contribution in [3.8, 4) is 11.5 Å². The van der Waals surface area contributed by atoms with Crippen LogP contribution in [0.4, 0.5) is 5.69 Å². The molecule has 1 atom stereocenters. The van der Waals surface area contributed by atoms with Crippen molar-refractivity contribution in [3.05, 3.63) is 54.1 Å². The zero-order valence-electron chi connectivity index (χ0n) is 15.5. The smallest absolute Gasteiger partial charge is 0.243 e. The van der Waals surface area contributed by atoms with Crippen molar-refractivity contribution < 1.29 is 14.3 Å². The third kappa shape index (κ3) is 4.51. The lowest BCUT2D eigenvalue weighted by Gasteiger charge is -2.28. The summed E-state index contributed by atoms with van der Waals surface area (Å²) in [6, 6.07) is 15.1. The Morgan fingerprint density at radius 1 is 1.04 bits per heavy atom. The van der Waals surface area contributed by atoms with E-state index < -0.39 is 0 Å². The van der Waals surface area contributed by atoms with Gasteiger partial charge in [-0.3, -0.25) is 9.69 Å². The predicted molar refractivity (Wildman–Crippen MR) is 100 cm³/mol. The first-order valence-electron chi connectivity index (χ1n) is 8.21. The van der Waals surface area contributed by atoms with Crippen molar-refractivity contribution in [1.82, 2.24) is 4.90 Å². The van der Waals surface area contributed by atoms with Crippen LogP contribution in [-0.4, -0.2) is 45.2 Å². The van der Waals surface area contributed by atoms with Crippen molar-refractivity contribution in [1.29, 1.82) is 0 Å². The van der Waals surface area contributed by atoms with Gasteiger partial charge in [0.05, 0.1) is 20.3 Å². The van der Waals surface area contributed by atoms with Gasteiger partial charge in [-0.25, -0.2) is 0 Å². The van der Waals surface area contributed by atoms with E-state index in [9.17, 15) is 4.79 Å². The Labute approximate surface area is 149 Å². The fourth-order valence-corrected chi connectivity index (χ4v) is 2.64. The summed E-state index contributed by atoms with van der Waals surface area (Å²) in [4.78, 5) is 16.5. The van der Waals surface area contributed by atoms with Crippen molar-refractivity contribution >= 4 is 11.6 Å². The van der Waals surface area contributed by atoms with Crippen LogP contribution in [0, 0.1) is 0 Å². The van der Waals surface area contributed by atoms with E-state index in [1.165, 1.54) is 0 Å². The van der Waals surface area contributed by atoms with E-state index >= 15 is 0 Å². The minimum atomic E-state index is -0.267. The summed E-state index contributed by atoms with van der Waals surface area (Å²) in [5, 5.41) is 0. The highest BCUT2D eigenvalue weighted by molar-refractivity contribution is 5.96. The molecule has 0 radical (unpaired) electrons. The molecule has 5 nitrogen and oxygen atoms in total. The maximum absolute atomic E-state index is 12.8. The van der Waals surface area contributed by atoms with E-state index in [4.69, 9.17) is 9.47 Å². The SMILES string of the molecule is COc1ccc(CN(C)[C@H](C)C(=O)N(C)c2ccccc2)c(OC)c1. The van der Waals surface area contributed by atoms with Gasteiger partial charge in [-0.15, -0.1) is 0 Å². The molecule has 2 aromatic carbocycles. The maximum Gasteiger partial charge on any atom is 0.243 e. The number of para-hydroxylation sites is 1. The largest absolute Gasteiger partial charge is 0.497 e. The van der Waals surface area contributed by atoms with E-state index in [1.807, 2.05) is 67.4 Å². The van der Waals surface area contributed by atoms with Crippen molar-refractivity contribution in [3.63, 3.8) is 0 Å². The van der Waals surface area contributed by atoms with Gasteiger partial charge < -0.3 is 14.4 Å². The summed E-state index contributed by atoms with van der Waals surface area (Å²) in [5.41, 5.74) is 1.89. The Bertz CT molecular complexity index is 703. The number of carbonyl (C=O) groups excluding carboxylic acids is 1. The maximum atomic E-state index is 12.8. The van der Waals surface area contributed by atoms with Crippen LogP contribution in [0.2, 0.25) is 0 Å². The Kier molecular flexibility index (Phi) is 6.42. The molecule has 0 saturated heterocycles. The number of nitrogens with zero attached hydrogens (tertiary/aromatic N) is 2. The van der Waals surface area contributed by atoms with Crippen LogP contribution in [0.5, 0.6) is 11.5 Å². The topological polar surface area (TPSA) is 42.0 Å². The second kappa shape index (κ2) is 8.53. The highest BCUT2D eigenvalue weighted by Crippen LogP contribution is 2.26. The molecule has 0 saturated carbocycles. The van der Waals surface area contributed by atoms with Crippen LogP contribution >= 0.6 is 0 Å². The molecular weight excluding hydrogens is 316 g/mol. The average Bonchev–Trinajstić information content (AvgIpc) is 2.67. The number of hydrogen-bond donors (Lipinski definition) is 0. The molecule has 0 aliphatic heterocycles. The number of anilines is 1. The van der Waals surface area contributed by atoms with Gasteiger partial charge in [-0.1, -0.05) is 24.3 Å². The van der Waals surface area contributed by atoms with Crippen LogP contribution in [0.1, 0.15) is 12.5 Å². The van der Waals surface area contributed by atoms with E-state index in [-0.39, 0.29) is 11.9 Å². The molecule has 0 N–H and O–H groups in total. The van der Waals surface area contributed by atoms with E-state index in [0.29, 0.717) is 6.54 Å². The molecule has 25 heavy (non-hydrogen) atoms. The summed E-state index contributed by atoms with van der Waals surface area (Å²) in [6.07, 6.45) is 0. The van der Waals surface area contributed by atoms with Gasteiger partial charge in [0.25, 0.3) is 0 Å². The number of rotatable bonds is 7. The van der Waals surface area contributed by atoms with Crippen LogP contribution in [0.3, 0.4) is 0 Å². The third-order valence-corrected chi connectivity index (χ3v) is 4.41. The molecular formula is C20H26N2O3. The third-order valence-electron chi connectivity index (χ3n) is 4.41. The molecule has 0 fully saturated rings. The number of hydrogen-bond acceptors (Lipinski definition) is 4. The molecule has 0 heterocycles. The van der Waals surface area contributed by atoms with Crippen molar-refractivity contribution in [2.24, 2.45) is 0 Å². The average molecular weight is 342 g/mol. The van der Waals surface area contributed by atoms with E-state index in [2.05, 4.69) is 0 Å². The molecule has 1 amide bonds. The molecule has 0 spiro atoms. The van der Waals surface area contributed by atoms with Crippen LogP contribution < -0.4 is 14.4 Å². The van der Waals surface area contributed by atoms with Crippen LogP contribution in [0.25, 0.3) is 0 Å². The van der Waals surface area contributed by atoms with Gasteiger partial charge in [0, 0.05) is 30.9 Å². The van der Waals surface area contributed by atoms with Crippen LogP contribution in [0.15, 0.2) is 48.5 Å². The lowest BCUT2D eigenvalue weighted by molar-refractivity contribution is -0.122. The zero-order valence-corrected chi connectivity index (χ0v) is 15.5. The minimum Gasteiger partial charge on any atom is -0.497 e. The van der Waals surface area contributed by atoms with Crippen molar-refractivity contribution in [2.45, 2.75) is 19.5 Å². The Morgan fingerprint density at radius 3 is 2.32 bits per heavy atom. The van der Waals surface area contributed by atoms with Crippen molar-refractivity contribution in [2.75, 3.05) is 33.2 Å². The predicted octanol–water partition coefficient (Wildman–Crippen LogP) is 3.19. The number of benzene rings is 2. The van der Waals surface area contributed by atoms with Gasteiger partial charge in [0.15, 0.2) is 0 Å². The molecule has 0 unspecified atom stereocenters. The zero-order chi connectivity index (χ0) is 18.4. The number of likely N-dealkylation sites (N-methyl/N-ethyl adjacent to an activating group) is 2. The Balaban J connectivity index is 2.09. The summed E-state index contributed by atoms with van der Waals surface area (Å²) >= 11 is 0. The lowest BCUT2D eigenvalue weighted by Crippen LogP contribution is -2.44. The molecule has 2 rings (SSSR count). The van der Waals surface area contributed by atoms with E-state index in [0.717, 1.165) is 22.7 Å². The summed E-state index contributed by atoms with van der Waals surface area (Å²) in [7, 11) is 7.00. The second-order valence-corrected chi connectivity index (χ2v) is 6.00. The van der Waals surface area contributed by atoms with Gasteiger partial charge in [0.1, 0.15) is 11.5 Å². The molecule has 134 valence electrons. The second-order valence-electron chi connectivity index (χ2n) is 6.00. The number of amides is 1. The number of ether oxygens (including phenoxy) is 2. The van der Waals surface area contributed by atoms with Gasteiger partial charge in [-0.2, -0.15) is 0 Å². The fraction of sp³-hybridized carbons (Fsp3) is 0.350. The van der Waals surface area contributed by atoms with E-state index in [1.54, 1.807) is 26.2 Å². The monoisotopic (exact) mass is 342 g/mol. The summed E-state index contributed by atoms with van der Waals surface area (Å²) in [6.45, 7) is 2.51. The normalized spacial score (nSPS) is 11.9. The molecule has 0 bridgehead atoms. The van der Waals surface area contributed by atoms with Gasteiger partial charge in [0.2, 0.25) is 5.91 Å². The molecule has 0 aliphatic rings. The number of carbonyl (C=O) groups is 1. The lowest BCUT2D eigenvalue weighted by atomic mass is 10.1. The molecule has 2 aromatic rings. The first-order chi connectivity index (χ1) is 12.0. The van der Waals surface area contributed by atoms with Crippen LogP contribution in [-0.2, 0) is 11.3 Å². The quantitative estimate of drug-likeness (QED) is 0.775. The number of methoxy groups -OCH3 is 2. The minimum absolute atomic E-state index is 0.0428. The molecule has 5 heteroatoms. The molecule has 0 aliphatic carbocycles. The standard InChI is InChI=1S/C20H26N2O3/c1-15(20(23)22(3)17-9-7-6-8-10-17)21(2)14-16-11-12-18(24-4)13-19(16)25-5/h6-13,15H,14H2,1-5H3/t15-/m1/s1. The Hall–Kier alpha value is -2.53. The van der Waals surface area contributed by atoms with Gasteiger partial charge >= 0.3 is 0 Å². The fourth-order valence-electron chi connectivity index (χ4n) is 2.64. The first-order valence-corrected chi connectivity index (χ1v) is 8.21. The molecule has 0 aromatic heterocycles. The van der Waals surface area contributed by atoms with Gasteiger partial charge in [-0.05, 0) is 32.2 Å². The highest BCUT2D eigenvalue weighted by atomic mass is 16.5. The summed E-state index contributed by atoms with van der Waals surface area (Å²) in [5.74, 6) is 1.54. The highest BCUT2D eigenvalue weighted by Gasteiger charge is 2.23. The summed E-state index contributed by atoms with van der Waals surface area (Å²) < 4.78 is 10.7.